The van der Waals surface area contributed by atoms with Crippen molar-refractivity contribution in [2.75, 3.05) is 23.9 Å². The van der Waals surface area contributed by atoms with Gasteiger partial charge < -0.3 is 5.32 Å². The van der Waals surface area contributed by atoms with Gasteiger partial charge in [0.25, 0.3) is 0 Å². The zero-order valence-corrected chi connectivity index (χ0v) is 11.1. The van der Waals surface area contributed by atoms with Crippen molar-refractivity contribution in [1.29, 1.82) is 0 Å². The zero-order valence-electron chi connectivity index (χ0n) is 10.3. The highest BCUT2D eigenvalue weighted by molar-refractivity contribution is 7.98. The molecular formula is C13H14F2N2S. The van der Waals surface area contributed by atoms with Crippen LogP contribution in [0.3, 0.4) is 0 Å². The summed E-state index contributed by atoms with van der Waals surface area (Å²) in [6.07, 6.45) is 2.02. The predicted molar refractivity (Wildman–Crippen MR) is 73.3 cm³/mol. The zero-order chi connectivity index (χ0) is 13.1. The maximum Gasteiger partial charge on any atom is 0.185 e. The van der Waals surface area contributed by atoms with Crippen molar-refractivity contribution in [3.8, 4) is 0 Å². The summed E-state index contributed by atoms with van der Waals surface area (Å²) in [6.45, 7) is 2.54. The van der Waals surface area contributed by atoms with Gasteiger partial charge in [-0.05, 0) is 31.4 Å². The Morgan fingerprint density at radius 3 is 2.83 bits per heavy atom. The van der Waals surface area contributed by atoms with E-state index >= 15 is 0 Å². The molecule has 0 saturated carbocycles. The number of aromatic nitrogens is 1. The maximum atomic E-state index is 13.7. The molecule has 0 amide bonds. The third-order valence-corrected chi connectivity index (χ3v) is 3.23. The lowest BCUT2D eigenvalue weighted by Crippen LogP contribution is -2.05. The second-order valence-electron chi connectivity index (χ2n) is 3.99. The minimum absolute atomic E-state index is 0.0849. The number of aryl methyl sites for hydroxylation is 1. The van der Waals surface area contributed by atoms with Crippen LogP contribution in [0, 0.1) is 18.6 Å². The molecule has 1 aromatic carbocycles. The first kappa shape index (κ1) is 13.1. The van der Waals surface area contributed by atoms with Gasteiger partial charge in [-0.2, -0.15) is 11.8 Å². The number of thioether (sulfide) groups is 1. The Labute approximate surface area is 109 Å². The van der Waals surface area contributed by atoms with Crippen molar-refractivity contribution < 1.29 is 8.78 Å². The van der Waals surface area contributed by atoms with E-state index in [-0.39, 0.29) is 5.52 Å². The molecule has 0 bridgehead atoms. The number of halogens is 2. The van der Waals surface area contributed by atoms with Crippen molar-refractivity contribution >= 4 is 28.4 Å². The number of rotatable bonds is 4. The van der Waals surface area contributed by atoms with Gasteiger partial charge in [-0.3, -0.25) is 0 Å². The second-order valence-corrected chi connectivity index (χ2v) is 4.97. The number of nitrogens with one attached hydrogen (secondary N) is 1. The van der Waals surface area contributed by atoms with Crippen LogP contribution < -0.4 is 5.32 Å². The van der Waals surface area contributed by atoms with Gasteiger partial charge in [-0.25, -0.2) is 13.8 Å². The highest BCUT2D eigenvalue weighted by Gasteiger charge is 2.11. The lowest BCUT2D eigenvalue weighted by Gasteiger charge is -2.10. The molecule has 0 radical (unpaired) electrons. The average molecular weight is 268 g/mol. The highest BCUT2D eigenvalue weighted by atomic mass is 32.2. The fourth-order valence-electron chi connectivity index (χ4n) is 1.80. The highest BCUT2D eigenvalue weighted by Crippen LogP contribution is 2.26. The molecule has 96 valence electrons. The topological polar surface area (TPSA) is 24.9 Å². The van der Waals surface area contributed by atoms with Crippen molar-refractivity contribution in [2.45, 2.75) is 6.92 Å². The van der Waals surface area contributed by atoms with Gasteiger partial charge in [0.15, 0.2) is 11.6 Å². The fourth-order valence-corrected chi connectivity index (χ4v) is 2.10. The Bertz CT molecular complexity index is 572. The fraction of sp³-hybridized carbons (Fsp3) is 0.308. The number of hydrogen-bond acceptors (Lipinski definition) is 3. The van der Waals surface area contributed by atoms with E-state index in [1.807, 2.05) is 12.3 Å². The Morgan fingerprint density at radius 1 is 1.33 bits per heavy atom. The first-order valence-corrected chi connectivity index (χ1v) is 7.01. The Balaban J connectivity index is 2.49. The van der Waals surface area contributed by atoms with Gasteiger partial charge in [-0.1, -0.05) is 0 Å². The van der Waals surface area contributed by atoms with E-state index in [4.69, 9.17) is 0 Å². The van der Waals surface area contributed by atoms with E-state index in [1.54, 1.807) is 24.8 Å². The van der Waals surface area contributed by atoms with E-state index in [2.05, 4.69) is 10.3 Å². The summed E-state index contributed by atoms with van der Waals surface area (Å²) in [7, 11) is 0. The molecule has 0 aliphatic rings. The molecule has 0 saturated heterocycles. The van der Waals surface area contributed by atoms with Gasteiger partial charge in [0.1, 0.15) is 5.52 Å². The van der Waals surface area contributed by atoms with Crippen molar-refractivity contribution in [3.05, 3.63) is 35.5 Å². The first-order chi connectivity index (χ1) is 8.63. The third-order valence-electron chi connectivity index (χ3n) is 2.62. The average Bonchev–Trinajstić information content (AvgIpc) is 2.34. The first-order valence-electron chi connectivity index (χ1n) is 5.61. The quantitative estimate of drug-likeness (QED) is 0.858. The van der Waals surface area contributed by atoms with Crippen molar-refractivity contribution in [3.63, 3.8) is 0 Å². The smallest absolute Gasteiger partial charge is 0.185 e. The van der Waals surface area contributed by atoms with Gasteiger partial charge >= 0.3 is 0 Å². The maximum absolute atomic E-state index is 13.7. The molecule has 2 aromatic rings. The molecule has 1 aromatic heterocycles. The lowest BCUT2D eigenvalue weighted by atomic mass is 10.1. The molecule has 2 rings (SSSR count). The summed E-state index contributed by atoms with van der Waals surface area (Å²) < 4.78 is 26.9. The van der Waals surface area contributed by atoms with Gasteiger partial charge in [0.2, 0.25) is 0 Å². The number of benzene rings is 1. The van der Waals surface area contributed by atoms with E-state index in [1.165, 1.54) is 0 Å². The summed E-state index contributed by atoms with van der Waals surface area (Å²) in [6, 6.07) is 4.54. The third kappa shape index (κ3) is 2.56. The van der Waals surface area contributed by atoms with Crippen molar-refractivity contribution in [1.82, 2.24) is 4.98 Å². The SMILES string of the molecule is CSCCNc1cc(C)nc2c(F)c(F)ccc12. The number of pyridine rings is 1. The Hall–Kier alpha value is -1.36. The van der Waals surface area contributed by atoms with E-state index < -0.39 is 11.6 Å². The number of fused-ring (bicyclic) bond motifs is 1. The Kier molecular flexibility index (Phi) is 4.01. The van der Waals surface area contributed by atoms with E-state index in [0.29, 0.717) is 11.1 Å². The normalized spacial score (nSPS) is 10.9. The molecule has 0 aliphatic heterocycles. The second kappa shape index (κ2) is 5.52. The summed E-state index contributed by atoms with van der Waals surface area (Å²) in [5.41, 5.74) is 1.55. The minimum atomic E-state index is -0.885. The molecule has 0 spiro atoms. The van der Waals surface area contributed by atoms with E-state index in [9.17, 15) is 8.78 Å². The van der Waals surface area contributed by atoms with Crippen LogP contribution in [-0.4, -0.2) is 23.5 Å². The molecule has 5 heteroatoms. The molecule has 2 nitrogen and oxygen atoms in total. The lowest BCUT2D eigenvalue weighted by molar-refractivity contribution is 0.515. The summed E-state index contributed by atoms with van der Waals surface area (Å²) in [5.74, 6) is -0.799. The van der Waals surface area contributed by atoms with Gasteiger partial charge in [0.05, 0.1) is 0 Å². The number of anilines is 1. The van der Waals surface area contributed by atoms with Crippen LogP contribution in [0.25, 0.3) is 10.9 Å². The molecule has 0 fully saturated rings. The van der Waals surface area contributed by atoms with Gasteiger partial charge in [-0.15, -0.1) is 0 Å². The minimum Gasteiger partial charge on any atom is -0.384 e. The number of hydrogen-bond donors (Lipinski definition) is 1. The van der Waals surface area contributed by atoms with Gasteiger partial charge in [0, 0.05) is 29.1 Å². The van der Waals surface area contributed by atoms with Crippen LogP contribution in [-0.2, 0) is 0 Å². The van der Waals surface area contributed by atoms with Crippen LogP contribution >= 0.6 is 11.8 Å². The van der Waals surface area contributed by atoms with Crippen LogP contribution in [0.2, 0.25) is 0 Å². The van der Waals surface area contributed by atoms with Crippen LogP contribution in [0.1, 0.15) is 5.69 Å². The van der Waals surface area contributed by atoms with E-state index in [0.717, 1.165) is 24.1 Å². The Morgan fingerprint density at radius 2 is 2.11 bits per heavy atom. The van der Waals surface area contributed by atoms with Crippen LogP contribution in [0.4, 0.5) is 14.5 Å². The monoisotopic (exact) mass is 268 g/mol. The molecule has 0 aliphatic carbocycles. The number of nitrogens with zero attached hydrogens (tertiary/aromatic N) is 1. The molecule has 1 heterocycles. The molecule has 1 N–H and O–H groups in total. The largest absolute Gasteiger partial charge is 0.384 e. The summed E-state index contributed by atoms with van der Waals surface area (Å²) >= 11 is 1.72. The molecular weight excluding hydrogens is 254 g/mol. The van der Waals surface area contributed by atoms with Crippen LogP contribution in [0.5, 0.6) is 0 Å². The van der Waals surface area contributed by atoms with Crippen LogP contribution in [0.15, 0.2) is 18.2 Å². The predicted octanol–water partition coefficient (Wildman–Crippen LogP) is 3.60. The molecule has 0 unspecified atom stereocenters. The summed E-state index contributed by atoms with van der Waals surface area (Å²) in [4.78, 5) is 4.06. The summed E-state index contributed by atoms with van der Waals surface area (Å²) in [5, 5.41) is 3.84. The molecule has 18 heavy (non-hydrogen) atoms. The van der Waals surface area contributed by atoms with Crippen molar-refractivity contribution in [2.24, 2.45) is 0 Å². The standard InChI is InChI=1S/C13H14F2N2S/c1-8-7-11(16-5-6-18-2)9-3-4-10(14)12(15)13(9)17-8/h3-4,7H,5-6H2,1-2H3,(H,16,17). The molecule has 0 atom stereocenters.